The number of nitrogen functional groups attached to an aromatic ring is 1. The third-order valence-corrected chi connectivity index (χ3v) is 1.73. The van der Waals surface area contributed by atoms with Crippen molar-refractivity contribution in [3.63, 3.8) is 0 Å². The standard InChI is InChI=1S/C9H9F3N2O2/c1-2-16-9(15)4-3-5(13)8(12)14-6(4)7(10)11/h3,7H,2,13H2,1H3. The Labute approximate surface area is 89.2 Å². The molecular weight excluding hydrogens is 225 g/mol. The second-order valence-electron chi connectivity index (χ2n) is 2.82. The third-order valence-electron chi connectivity index (χ3n) is 1.73. The largest absolute Gasteiger partial charge is 0.462 e. The smallest absolute Gasteiger partial charge is 0.340 e. The predicted molar refractivity (Wildman–Crippen MR) is 49.5 cm³/mol. The summed E-state index contributed by atoms with van der Waals surface area (Å²) in [5.74, 6) is -2.24. The number of aromatic nitrogens is 1. The van der Waals surface area contributed by atoms with Crippen LogP contribution in [0.2, 0.25) is 0 Å². The lowest BCUT2D eigenvalue weighted by molar-refractivity contribution is 0.0513. The van der Waals surface area contributed by atoms with Crippen molar-refractivity contribution < 1.29 is 22.7 Å². The highest BCUT2D eigenvalue weighted by atomic mass is 19.3. The van der Waals surface area contributed by atoms with E-state index in [4.69, 9.17) is 5.73 Å². The van der Waals surface area contributed by atoms with Crippen LogP contribution < -0.4 is 5.73 Å². The van der Waals surface area contributed by atoms with Crippen molar-refractivity contribution in [3.05, 3.63) is 23.3 Å². The first kappa shape index (κ1) is 12.3. The van der Waals surface area contributed by atoms with Gasteiger partial charge in [0.15, 0.2) is 0 Å². The number of alkyl halides is 2. The number of anilines is 1. The van der Waals surface area contributed by atoms with Crippen LogP contribution in [0.15, 0.2) is 6.07 Å². The fraction of sp³-hybridized carbons (Fsp3) is 0.333. The normalized spacial score (nSPS) is 10.6. The molecule has 1 rings (SSSR count). The van der Waals surface area contributed by atoms with Gasteiger partial charge in [-0.1, -0.05) is 0 Å². The van der Waals surface area contributed by atoms with Crippen molar-refractivity contribution in [2.24, 2.45) is 0 Å². The fourth-order valence-electron chi connectivity index (χ4n) is 1.06. The zero-order valence-electron chi connectivity index (χ0n) is 8.34. The van der Waals surface area contributed by atoms with E-state index >= 15 is 0 Å². The van der Waals surface area contributed by atoms with E-state index < -0.39 is 35.3 Å². The number of nitrogens with two attached hydrogens (primary N) is 1. The first-order valence-electron chi connectivity index (χ1n) is 4.38. The van der Waals surface area contributed by atoms with E-state index in [0.29, 0.717) is 0 Å². The number of hydrogen-bond acceptors (Lipinski definition) is 4. The molecule has 0 aliphatic carbocycles. The summed E-state index contributed by atoms with van der Waals surface area (Å²) in [6.07, 6.45) is -3.07. The summed E-state index contributed by atoms with van der Waals surface area (Å²) < 4.78 is 42.3. The first-order valence-corrected chi connectivity index (χ1v) is 4.38. The van der Waals surface area contributed by atoms with Gasteiger partial charge < -0.3 is 10.5 Å². The van der Waals surface area contributed by atoms with Gasteiger partial charge in [-0.2, -0.15) is 4.39 Å². The number of pyridine rings is 1. The van der Waals surface area contributed by atoms with Crippen LogP contribution in [0.3, 0.4) is 0 Å². The maximum Gasteiger partial charge on any atom is 0.340 e. The van der Waals surface area contributed by atoms with Crippen molar-refractivity contribution in [3.8, 4) is 0 Å². The second kappa shape index (κ2) is 4.82. The molecule has 0 unspecified atom stereocenters. The molecule has 0 amide bonds. The molecular formula is C9H9F3N2O2. The fourth-order valence-corrected chi connectivity index (χ4v) is 1.06. The van der Waals surface area contributed by atoms with Crippen molar-refractivity contribution >= 4 is 11.7 Å². The summed E-state index contributed by atoms with van der Waals surface area (Å²) in [6.45, 7) is 1.53. The average molecular weight is 234 g/mol. The number of ether oxygens (including phenoxy) is 1. The van der Waals surface area contributed by atoms with Gasteiger partial charge in [-0.05, 0) is 13.0 Å². The Morgan fingerprint density at radius 1 is 1.62 bits per heavy atom. The molecule has 0 saturated carbocycles. The average Bonchev–Trinajstić information content (AvgIpc) is 2.21. The highest BCUT2D eigenvalue weighted by Crippen LogP contribution is 2.24. The minimum absolute atomic E-state index is 0.0127. The van der Waals surface area contributed by atoms with E-state index in [1.165, 1.54) is 6.92 Å². The van der Waals surface area contributed by atoms with E-state index in [1.807, 2.05) is 0 Å². The summed E-state index contributed by atoms with van der Waals surface area (Å²) >= 11 is 0. The van der Waals surface area contributed by atoms with Crippen LogP contribution in [0.4, 0.5) is 18.9 Å². The monoisotopic (exact) mass is 234 g/mol. The van der Waals surface area contributed by atoms with Gasteiger partial charge in [0.1, 0.15) is 5.69 Å². The maximum atomic E-state index is 12.8. The van der Waals surface area contributed by atoms with Gasteiger partial charge in [0.25, 0.3) is 6.43 Å². The minimum Gasteiger partial charge on any atom is -0.462 e. The molecule has 1 heterocycles. The number of nitrogens with zero attached hydrogens (tertiary/aromatic N) is 1. The molecule has 0 aromatic carbocycles. The molecule has 1 aromatic rings. The summed E-state index contributed by atoms with van der Waals surface area (Å²) in [5, 5.41) is 0. The molecule has 2 N–H and O–H groups in total. The molecule has 7 heteroatoms. The topological polar surface area (TPSA) is 65.2 Å². The second-order valence-corrected chi connectivity index (χ2v) is 2.82. The van der Waals surface area contributed by atoms with E-state index in [9.17, 15) is 18.0 Å². The number of hydrogen-bond donors (Lipinski definition) is 1. The number of halogens is 3. The van der Waals surface area contributed by atoms with E-state index in [2.05, 4.69) is 9.72 Å². The highest BCUT2D eigenvalue weighted by molar-refractivity contribution is 5.91. The number of carbonyl (C=O) groups excluding carboxylic acids is 1. The van der Waals surface area contributed by atoms with Crippen LogP contribution in [-0.4, -0.2) is 17.6 Å². The molecule has 0 radical (unpaired) electrons. The van der Waals surface area contributed by atoms with Gasteiger partial charge in [0.05, 0.1) is 17.9 Å². The number of carbonyl (C=O) groups is 1. The van der Waals surface area contributed by atoms with Crippen LogP contribution in [0.5, 0.6) is 0 Å². The third kappa shape index (κ3) is 2.41. The van der Waals surface area contributed by atoms with Gasteiger partial charge in [-0.15, -0.1) is 0 Å². The Hall–Kier alpha value is -1.79. The van der Waals surface area contributed by atoms with Gasteiger partial charge >= 0.3 is 5.97 Å². The Morgan fingerprint density at radius 3 is 2.75 bits per heavy atom. The molecule has 0 fully saturated rings. The van der Waals surface area contributed by atoms with E-state index in [-0.39, 0.29) is 6.61 Å². The molecule has 1 aromatic heterocycles. The molecule has 4 nitrogen and oxygen atoms in total. The highest BCUT2D eigenvalue weighted by Gasteiger charge is 2.23. The van der Waals surface area contributed by atoms with Crippen molar-refractivity contribution in [1.29, 1.82) is 0 Å². The Morgan fingerprint density at radius 2 is 2.25 bits per heavy atom. The number of esters is 1. The lowest BCUT2D eigenvalue weighted by Crippen LogP contribution is -2.12. The summed E-state index contributed by atoms with van der Waals surface area (Å²) in [6, 6.07) is 0.793. The van der Waals surface area contributed by atoms with Crippen molar-refractivity contribution in [2.45, 2.75) is 13.3 Å². The molecule has 0 bridgehead atoms. The van der Waals surface area contributed by atoms with E-state index in [1.54, 1.807) is 0 Å². The quantitative estimate of drug-likeness (QED) is 0.641. The minimum atomic E-state index is -3.07. The molecule has 0 atom stereocenters. The molecule has 0 saturated heterocycles. The van der Waals surface area contributed by atoms with Crippen LogP contribution in [0.25, 0.3) is 0 Å². The van der Waals surface area contributed by atoms with Gasteiger partial charge in [-0.25, -0.2) is 18.6 Å². The molecule has 0 spiro atoms. The van der Waals surface area contributed by atoms with Crippen molar-refractivity contribution in [1.82, 2.24) is 4.98 Å². The summed E-state index contributed by atoms with van der Waals surface area (Å²) in [4.78, 5) is 14.2. The Kier molecular flexibility index (Phi) is 3.70. The van der Waals surface area contributed by atoms with Crippen LogP contribution in [-0.2, 0) is 4.74 Å². The predicted octanol–water partition coefficient (Wildman–Crippen LogP) is 1.92. The van der Waals surface area contributed by atoms with Gasteiger partial charge in [-0.3, -0.25) is 0 Å². The summed E-state index contributed by atoms with van der Waals surface area (Å²) in [7, 11) is 0. The molecule has 88 valence electrons. The van der Waals surface area contributed by atoms with E-state index in [0.717, 1.165) is 6.07 Å². The zero-order chi connectivity index (χ0) is 12.3. The number of rotatable bonds is 3. The van der Waals surface area contributed by atoms with Crippen LogP contribution in [0, 0.1) is 5.95 Å². The lowest BCUT2D eigenvalue weighted by atomic mass is 10.2. The zero-order valence-corrected chi connectivity index (χ0v) is 8.34. The van der Waals surface area contributed by atoms with Crippen LogP contribution >= 0.6 is 0 Å². The molecule has 16 heavy (non-hydrogen) atoms. The van der Waals surface area contributed by atoms with Gasteiger partial charge in [0.2, 0.25) is 5.95 Å². The van der Waals surface area contributed by atoms with Crippen molar-refractivity contribution in [2.75, 3.05) is 12.3 Å². The Balaban J connectivity index is 3.24. The SMILES string of the molecule is CCOC(=O)c1cc(N)c(F)nc1C(F)F. The first-order chi connectivity index (χ1) is 7.47. The molecule has 0 aliphatic rings. The lowest BCUT2D eigenvalue weighted by Gasteiger charge is -2.08. The Bertz CT molecular complexity index is 410. The molecule has 0 aliphatic heterocycles. The summed E-state index contributed by atoms with van der Waals surface area (Å²) in [5.41, 5.74) is 3.17. The van der Waals surface area contributed by atoms with Crippen LogP contribution in [0.1, 0.15) is 29.4 Å². The maximum absolute atomic E-state index is 12.8. The van der Waals surface area contributed by atoms with Gasteiger partial charge in [0, 0.05) is 0 Å².